The fourth-order valence-electron chi connectivity index (χ4n) is 2.36. The second-order valence-electron chi connectivity index (χ2n) is 5.49. The van der Waals surface area contributed by atoms with Crippen molar-refractivity contribution >= 4 is 17.8 Å². The lowest BCUT2D eigenvalue weighted by Gasteiger charge is -2.23. The van der Waals surface area contributed by atoms with E-state index in [-0.39, 0.29) is 31.3 Å². The van der Waals surface area contributed by atoms with E-state index in [1.807, 2.05) is 13.8 Å². The van der Waals surface area contributed by atoms with E-state index in [9.17, 15) is 14.4 Å². The standard InChI is InChI=1S/C14H22N2O4/c1-4-5-15(9-13(18)19)14(20)11-6-12(17)16(8-11)7-10(2)3/h4,10-11H,1,5-9H2,2-3H3,(H,18,19). The molecule has 1 N–H and O–H groups in total. The van der Waals surface area contributed by atoms with Crippen molar-refractivity contribution in [3.63, 3.8) is 0 Å². The van der Waals surface area contributed by atoms with Crippen LogP contribution in [0.2, 0.25) is 0 Å². The summed E-state index contributed by atoms with van der Waals surface area (Å²) < 4.78 is 0. The molecule has 0 aliphatic carbocycles. The van der Waals surface area contributed by atoms with Crippen molar-refractivity contribution in [2.45, 2.75) is 20.3 Å². The Kier molecular flexibility index (Phi) is 5.73. The van der Waals surface area contributed by atoms with Crippen LogP contribution in [0.5, 0.6) is 0 Å². The predicted molar refractivity (Wildman–Crippen MR) is 73.9 cm³/mol. The van der Waals surface area contributed by atoms with E-state index in [0.717, 1.165) is 0 Å². The topological polar surface area (TPSA) is 77.9 Å². The highest BCUT2D eigenvalue weighted by molar-refractivity contribution is 5.90. The quantitative estimate of drug-likeness (QED) is 0.693. The van der Waals surface area contributed by atoms with Gasteiger partial charge in [-0.15, -0.1) is 6.58 Å². The summed E-state index contributed by atoms with van der Waals surface area (Å²) in [5.74, 6) is -1.49. The maximum atomic E-state index is 12.3. The van der Waals surface area contributed by atoms with Crippen molar-refractivity contribution in [1.82, 2.24) is 9.80 Å². The fraction of sp³-hybridized carbons (Fsp3) is 0.643. The Morgan fingerprint density at radius 2 is 2.20 bits per heavy atom. The van der Waals surface area contributed by atoms with E-state index in [1.54, 1.807) is 4.90 Å². The lowest BCUT2D eigenvalue weighted by atomic mass is 10.1. The minimum Gasteiger partial charge on any atom is -0.480 e. The lowest BCUT2D eigenvalue weighted by molar-refractivity contribution is -0.145. The summed E-state index contributed by atoms with van der Waals surface area (Å²) in [5, 5.41) is 8.82. The molecule has 1 fully saturated rings. The summed E-state index contributed by atoms with van der Waals surface area (Å²) >= 11 is 0. The summed E-state index contributed by atoms with van der Waals surface area (Å²) in [5.41, 5.74) is 0. The number of aliphatic carboxylic acids is 1. The molecule has 1 aliphatic heterocycles. The molecule has 1 unspecified atom stereocenters. The third-order valence-electron chi connectivity index (χ3n) is 3.14. The Bertz CT molecular complexity index is 406. The van der Waals surface area contributed by atoms with E-state index in [0.29, 0.717) is 19.0 Å². The number of carboxylic acid groups (broad SMARTS) is 1. The van der Waals surface area contributed by atoms with Gasteiger partial charge in [-0.25, -0.2) is 0 Å². The molecular weight excluding hydrogens is 260 g/mol. The molecule has 2 amide bonds. The van der Waals surface area contributed by atoms with Gasteiger partial charge < -0.3 is 14.9 Å². The molecule has 6 heteroatoms. The molecular formula is C14H22N2O4. The first-order valence-electron chi connectivity index (χ1n) is 6.74. The first-order valence-corrected chi connectivity index (χ1v) is 6.74. The van der Waals surface area contributed by atoms with Gasteiger partial charge in [0.2, 0.25) is 11.8 Å². The molecule has 112 valence electrons. The molecule has 0 bridgehead atoms. The van der Waals surface area contributed by atoms with Crippen LogP contribution in [0.15, 0.2) is 12.7 Å². The minimum atomic E-state index is -1.07. The zero-order valence-electron chi connectivity index (χ0n) is 12.0. The minimum absolute atomic E-state index is 0.0362. The zero-order valence-corrected chi connectivity index (χ0v) is 12.0. The summed E-state index contributed by atoms with van der Waals surface area (Å²) in [6, 6.07) is 0. The highest BCUT2D eigenvalue weighted by atomic mass is 16.4. The van der Waals surface area contributed by atoms with Gasteiger partial charge in [0.1, 0.15) is 6.54 Å². The molecule has 1 aliphatic rings. The number of hydrogen-bond acceptors (Lipinski definition) is 3. The lowest BCUT2D eigenvalue weighted by Crippen LogP contribution is -2.40. The maximum absolute atomic E-state index is 12.3. The highest BCUT2D eigenvalue weighted by Crippen LogP contribution is 2.21. The number of rotatable bonds is 7. The molecule has 0 aromatic rings. The van der Waals surface area contributed by atoms with Gasteiger partial charge in [0.15, 0.2) is 0 Å². The largest absolute Gasteiger partial charge is 0.480 e. The van der Waals surface area contributed by atoms with Gasteiger partial charge in [-0.1, -0.05) is 19.9 Å². The molecule has 1 saturated heterocycles. The van der Waals surface area contributed by atoms with Crippen molar-refractivity contribution in [2.24, 2.45) is 11.8 Å². The SMILES string of the molecule is C=CCN(CC(=O)O)C(=O)C1CC(=O)N(CC(C)C)C1. The van der Waals surface area contributed by atoms with E-state index >= 15 is 0 Å². The molecule has 0 radical (unpaired) electrons. The zero-order chi connectivity index (χ0) is 15.3. The Labute approximate surface area is 119 Å². The number of carboxylic acids is 1. The second-order valence-corrected chi connectivity index (χ2v) is 5.49. The van der Waals surface area contributed by atoms with Crippen LogP contribution >= 0.6 is 0 Å². The molecule has 6 nitrogen and oxygen atoms in total. The van der Waals surface area contributed by atoms with Crippen molar-refractivity contribution in [3.8, 4) is 0 Å². The predicted octanol–water partition coefficient (Wildman–Crippen LogP) is 0.590. The van der Waals surface area contributed by atoms with Crippen molar-refractivity contribution < 1.29 is 19.5 Å². The smallest absolute Gasteiger partial charge is 0.323 e. The summed E-state index contributed by atoms with van der Waals surface area (Å²) in [6.07, 6.45) is 1.66. The average molecular weight is 282 g/mol. The first kappa shape index (κ1) is 16.2. The van der Waals surface area contributed by atoms with Crippen LogP contribution < -0.4 is 0 Å². The number of hydrogen-bond donors (Lipinski definition) is 1. The van der Waals surface area contributed by atoms with Crippen molar-refractivity contribution in [3.05, 3.63) is 12.7 Å². The third-order valence-corrected chi connectivity index (χ3v) is 3.14. The Morgan fingerprint density at radius 3 is 2.70 bits per heavy atom. The summed E-state index contributed by atoms with van der Waals surface area (Å²) in [7, 11) is 0. The van der Waals surface area contributed by atoms with E-state index in [2.05, 4.69) is 6.58 Å². The van der Waals surface area contributed by atoms with Gasteiger partial charge in [0.25, 0.3) is 0 Å². The normalized spacial score (nSPS) is 18.4. The number of carbonyl (C=O) groups is 3. The molecule has 0 aromatic carbocycles. The number of likely N-dealkylation sites (tertiary alicyclic amines) is 1. The summed E-state index contributed by atoms with van der Waals surface area (Å²) in [4.78, 5) is 37.8. The monoisotopic (exact) mass is 282 g/mol. The Hall–Kier alpha value is -1.85. The van der Waals surface area contributed by atoms with Crippen LogP contribution in [-0.4, -0.2) is 58.9 Å². The van der Waals surface area contributed by atoms with E-state index in [1.165, 1.54) is 11.0 Å². The molecule has 20 heavy (non-hydrogen) atoms. The first-order chi connectivity index (χ1) is 9.35. The van der Waals surface area contributed by atoms with Gasteiger partial charge in [0, 0.05) is 26.1 Å². The van der Waals surface area contributed by atoms with Crippen LogP contribution in [0.25, 0.3) is 0 Å². The number of nitrogens with zero attached hydrogens (tertiary/aromatic N) is 2. The van der Waals surface area contributed by atoms with E-state index in [4.69, 9.17) is 5.11 Å². The molecule has 1 rings (SSSR count). The molecule has 0 saturated carbocycles. The van der Waals surface area contributed by atoms with E-state index < -0.39 is 11.9 Å². The van der Waals surface area contributed by atoms with Crippen LogP contribution in [0, 0.1) is 11.8 Å². The van der Waals surface area contributed by atoms with Gasteiger partial charge >= 0.3 is 5.97 Å². The Balaban J connectivity index is 2.68. The van der Waals surface area contributed by atoms with Gasteiger partial charge in [-0.3, -0.25) is 14.4 Å². The number of amides is 2. The fourth-order valence-corrected chi connectivity index (χ4v) is 2.36. The Morgan fingerprint density at radius 1 is 1.55 bits per heavy atom. The number of carbonyl (C=O) groups excluding carboxylic acids is 2. The molecule has 0 aromatic heterocycles. The van der Waals surface area contributed by atoms with Crippen LogP contribution in [0.1, 0.15) is 20.3 Å². The van der Waals surface area contributed by atoms with Crippen LogP contribution in [-0.2, 0) is 14.4 Å². The molecule has 0 spiro atoms. The van der Waals surface area contributed by atoms with Crippen LogP contribution in [0.4, 0.5) is 0 Å². The third kappa shape index (κ3) is 4.36. The summed E-state index contributed by atoms with van der Waals surface area (Å²) in [6.45, 7) is 8.37. The van der Waals surface area contributed by atoms with Crippen molar-refractivity contribution in [2.75, 3.05) is 26.2 Å². The molecule has 1 heterocycles. The van der Waals surface area contributed by atoms with Crippen molar-refractivity contribution in [1.29, 1.82) is 0 Å². The average Bonchev–Trinajstić information content (AvgIpc) is 2.68. The second kappa shape index (κ2) is 7.07. The van der Waals surface area contributed by atoms with Gasteiger partial charge in [-0.05, 0) is 5.92 Å². The van der Waals surface area contributed by atoms with Crippen LogP contribution in [0.3, 0.4) is 0 Å². The maximum Gasteiger partial charge on any atom is 0.323 e. The highest BCUT2D eigenvalue weighted by Gasteiger charge is 2.36. The van der Waals surface area contributed by atoms with Gasteiger partial charge in [0.05, 0.1) is 5.92 Å². The molecule has 1 atom stereocenters. The van der Waals surface area contributed by atoms with Gasteiger partial charge in [-0.2, -0.15) is 0 Å².